The van der Waals surface area contributed by atoms with Gasteiger partial charge in [0.2, 0.25) is 10.0 Å². The van der Waals surface area contributed by atoms with Gasteiger partial charge in [-0.25, -0.2) is 13.2 Å². The van der Waals surface area contributed by atoms with Gasteiger partial charge in [-0.3, -0.25) is 4.57 Å². The second-order valence-electron chi connectivity index (χ2n) is 6.39. The van der Waals surface area contributed by atoms with Crippen LogP contribution in [0.15, 0.2) is 27.4 Å². The average Bonchev–Trinajstić information content (AvgIpc) is 2.98. The predicted octanol–water partition coefficient (Wildman–Crippen LogP) is 1.45. The van der Waals surface area contributed by atoms with Crippen LogP contribution in [-0.2, 0) is 23.6 Å². The zero-order valence-electron chi connectivity index (χ0n) is 12.4. The number of nitrogens with zero attached hydrogens (tertiary/aromatic N) is 2. The summed E-state index contributed by atoms with van der Waals surface area (Å²) >= 11 is 0. The van der Waals surface area contributed by atoms with E-state index in [9.17, 15) is 13.2 Å². The average molecular weight is 322 g/mol. The Labute approximate surface area is 128 Å². The maximum absolute atomic E-state index is 12.4. The van der Waals surface area contributed by atoms with Gasteiger partial charge in [0, 0.05) is 19.6 Å². The quantitative estimate of drug-likeness (QED) is 0.839. The summed E-state index contributed by atoms with van der Waals surface area (Å²) in [6, 6.07) is 5.55. The number of aromatic nitrogens is 1. The highest BCUT2D eigenvalue weighted by Crippen LogP contribution is 2.38. The van der Waals surface area contributed by atoms with Crippen molar-refractivity contribution in [2.75, 3.05) is 5.75 Å². The van der Waals surface area contributed by atoms with E-state index in [1.807, 2.05) is 12.1 Å². The minimum absolute atomic E-state index is 0.132. The molecule has 2 heterocycles. The van der Waals surface area contributed by atoms with Crippen LogP contribution >= 0.6 is 0 Å². The van der Waals surface area contributed by atoms with E-state index in [0.717, 1.165) is 24.8 Å². The molecule has 0 amide bonds. The molecule has 2 bridgehead atoms. The molecule has 2 fully saturated rings. The smallest absolute Gasteiger partial charge is 0.408 e. The first-order valence-corrected chi connectivity index (χ1v) is 9.13. The van der Waals surface area contributed by atoms with Crippen LogP contribution in [0.5, 0.6) is 0 Å². The van der Waals surface area contributed by atoms with Crippen LogP contribution in [0.25, 0.3) is 11.1 Å². The molecule has 2 aromatic rings. The molecule has 7 heteroatoms. The van der Waals surface area contributed by atoms with Crippen LogP contribution < -0.4 is 5.76 Å². The van der Waals surface area contributed by atoms with Crippen LogP contribution in [0, 0.1) is 5.92 Å². The van der Waals surface area contributed by atoms with Gasteiger partial charge in [0.25, 0.3) is 0 Å². The molecular weight excluding hydrogens is 304 g/mol. The molecule has 0 spiro atoms. The van der Waals surface area contributed by atoms with E-state index >= 15 is 0 Å². The molecule has 1 aromatic carbocycles. The second-order valence-corrected chi connectivity index (χ2v) is 8.35. The predicted molar refractivity (Wildman–Crippen MR) is 81.9 cm³/mol. The summed E-state index contributed by atoms with van der Waals surface area (Å²) < 4.78 is 33.1. The van der Waals surface area contributed by atoms with Gasteiger partial charge in [-0.2, -0.15) is 4.31 Å². The van der Waals surface area contributed by atoms with Gasteiger partial charge in [0.1, 0.15) is 0 Å². The zero-order chi connectivity index (χ0) is 15.5. The molecule has 6 nitrogen and oxygen atoms in total. The Kier molecular flexibility index (Phi) is 2.99. The lowest BCUT2D eigenvalue weighted by Crippen LogP contribution is -2.44. The van der Waals surface area contributed by atoms with Crippen molar-refractivity contribution in [2.45, 2.75) is 31.8 Å². The second kappa shape index (κ2) is 4.70. The van der Waals surface area contributed by atoms with E-state index in [1.54, 1.807) is 17.4 Å². The number of fused-ring (bicyclic) bond motifs is 3. The molecule has 2 aliphatic rings. The maximum Gasteiger partial charge on any atom is 0.419 e. The van der Waals surface area contributed by atoms with E-state index in [4.69, 9.17) is 4.42 Å². The maximum atomic E-state index is 12.4. The topological polar surface area (TPSA) is 72.5 Å². The summed E-state index contributed by atoms with van der Waals surface area (Å²) in [7, 11) is -1.52. The molecule has 1 saturated heterocycles. The van der Waals surface area contributed by atoms with E-state index < -0.39 is 15.8 Å². The third kappa shape index (κ3) is 2.11. The molecule has 1 aliphatic heterocycles. The van der Waals surface area contributed by atoms with E-state index in [2.05, 4.69) is 0 Å². The normalized spacial score (nSPS) is 27.5. The van der Waals surface area contributed by atoms with Crippen LogP contribution in [0.2, 0.25) is 0 Å². The number of sulfonamides is 1. The number of benzene rings is 1. The van der Waals surface area contributed by atoms with Gasteiger partial charge in [0.05, 0.1) is 11.3 Å². The molecule has 0 N–H and O–H groups in total. The molecule has 118 valence electrons. The number of aryl methyl sites for hydroxylation is 1. The van der Waals surface area contributed by atoms with E-state index in [0.29, 0.717) is 23.6 Å². The van der Waals surface area contributed by atoms with Gasteiger partial charge in [0.15, 0.2) is 5.58 Å². The summed E-state index contributed by atoms with van der Waals surface area (Å²) in [4.78, 5) is 11.5. The Hall–Kier alpha value is -1.60. The summed E-state index contributed by atoms with van der Waals surface area (Å²) in [5.41, 5.74) is 2.11. The van der Waals surface area contributed by atoms with Gasteiger partial charge >= 0.3 is 5.76 Å². The molecule has 1 aromatic heterocycles. The van der Waals surface area contributed by atoms with Crippen LogP contribution in [-0.4, -0.2) is 29.1 Å². The first kappa shape index (κ1) is 14.0. The monoisotopic (exact) mass is 322 g/mol. The lowest BCUT2D eigenvalue weighted by atomic mass is 10.1. The van der Waals surface area contributed by atoms with E-state index in [-0.39, 0.29) is 11.8 Å². The molecule has 0 radical (unpaired) electrons. The van der Waals surface area contributed by atoms with Gasteiger partial charge < -0.3 is 4.42 Å². The van der Waals surface area contributed by atoms with Gasteiger partial charge in [-0.05, 0) is 42.9 Å². The molecule has 1 saturated carbocycles. The largest absolute Gasteiger partial charge is 0.419 e. The Bertz CT molecular complexity index is 896. The molecule has 1 aliphatic carbocycles. The van der Waals surface area contributed by atoms with Crippen LogP contribution in [0.1, 0.15) is 24.8 Å². The first-order chi connectivity index (χ1) is 10.4. The van der Waals surface area contributed by atoms with Gasteiger partial charge in [-0.1, -0.05) is 6.07 Å². The van der Waals surface area contributed by atoms with Crippen molar-refractivity contribution in [1.82, 2.24) is 8.87 Å². The van der Waals surface area contributed by atoms with Crippen molar-refractivity contribution in [3.8, 4) is 0 Å². The number of oxazole rings is 1. The summed E-state index contributed by atoms with van der Waals surface area (Å²) in [5, 5.41) is 0. The van der Waals surface area contributed by atoms with Crippen molar-refractivity contribution in [2.24, 2.45) is 13.0 Å². The summed E-state index contributed by atoms with van der Waals surface area (Å²) in [6.45, 7) is 0.370. The van der Waals surface area contributed by atoms with Crippen LogP contribution in [0.3, 0.4) is 0 Å². The lowest BCUT2D eigenvalue weighted by Gasteiger charge is -2.32. The van der Waals surface area contributed by atoms with Crippen molar-refractivity contribution in [3.05, 3.63) is 34.3 Å². The zero-order valence-corrected chi connectivity index (χ0v) is 13.2. The number of hydrogen-bond donors (Lipinski definition) is 0. The number of hydrogen-bond acceptors (Lipinski definition) is 4. The molecule has 2 atom stereocenters. The van der Waals surface area contributed by atoms with Gasteiger partial charge in [-0.15, -0.1) is 0 Å². The number of rotatable bonds is 2. The fourth-order valence-electron chi connectivity index (χ4n) is 3.76. The Morgan fingerprint density at radius 1 is 1.32 bits per heavy atom. The Morgan fingerprint density at radius 3 is 2.95 bits per heavy atom. The Morgan fingerprint density at radius 2 is 2.14 bits per heavy atom. The summed E-state index contributed by atoms with van der Waals surface area (Å²) in [5.74, 6) is 0.204. The SMILES string of the molecule is Cn1c(=O)oc2ccc(CN3[C@@H]4CC[C@@H](C4)CS3(=O)=O)cc21. The van der Waals surface area contributed by atoms with Crippen molar-refractivity contribution >= 4 is 21.1 Å². The van der Waals surface area contributed by atoms with Crippen molar-refractivity contribution in [1.29, 1.82) is 0 Å². The molecule has 22 heavy (non-hydrogen) atoms. The highest BCUT2D eigenvalue weighted by atomic mass is 32.2. The third-order valence-electron chi connectivity index (χ3n) is 4.92. The van der Waals surface area contributed by atoms with Crippen molar-refractivity contribution in [3.63, 3.8) is 0 Å². The summed E-state index contributed by atoms with van der Waals surface area (Å²) in [6.07, 6.45) is 2.94. The highest BCUT2D eigenvalue weighted by Gasteiger charge is 2.43. The standard InChI is InChI=1S/C15H18N2O4S/c1-16-13-7-10(3-5-14(13)21-15(16)18)8-17-12-4-2-11(6-12)9-22(17,19)20/h3,5,7,11-12H,2,4,6,8-9H2,1H3/t11-,12+/m0/s1. The fourth-order valence-corrected chi connectivity index (χ4v) is 5.84. The van der Waals surface area contributed by atoms with Crippen molar-refractivity contribution < 1.29 is 12.8 Å². The highest BCUT2D eigenvalue weighted by molar-refractivity contribution is 7.89. The van der Waals surface area contributed by atoms with Crippen LogP contribution in [0.4, 0.5) is 0 Å². The first-order valence-electron chi connectivity index (χ1n) is 7.52. The fraction of sp³-hybridized carbons (Fsp3) is 0.533. The molecule has 4 rings (SSSR count). The third-order valence-corrected chi connectivity index (χ3v) is 6.95. The molecule has 0 unspecified atom stereocenters. The minimum atomic E-state index is -3.17. The Balaban J connectivity index is 1.70. The van der Waals surface area contributed by atoms with E-state index in [1.165, 1.54) is 4.57 Å². The lowest BCUT2D eigenvalue weighted by molar-refractivity contribution is 0.294. The molecular formula is C15H18N2O4S. The minimum Gasteiger partial charge on any atom is -0.408 e.